The molecule has 0 aromatic carbocycles. The lowest BCUT2D eigenvalue weighted by Crippen LogP contribution is -2.35. The lowest BCUT2D eigenvalue weighted by Gasteiger charge is -2.13. The summed E-state index contributed by atoms with van der Waals surface area (Å²) in [5.74, 6) is -3.18. The molecular weight excluding hydrogens is 224 g/mol. The van der Waals surface area contributed by atoms with Gasteiger partial charge >= 0.3 is 5.69 Å². The summed E-state index contributed by atoms with van der Waals surface area (Å²) >= 11 is 0. The van der Waals surface area contributed by atoms with E-state index in [-0.39, 0.29) is 11.6 Å². The van der Waals surface area contributed by atoms with Crippen molar-refractivity contribution in [2.45, 2.75) is 5.92 Å². The van der Waals surface area contributed by atoms with Crippen LogP contribution in [0.2, 0.25) is 0 Å². The third-order valence-corrected chi connectivity index (χ3v) is 1.65. The van der Waals surface area contributed by atoms with Crippen molar-refractivity contribution in [1.82, 2.24) is 9.97 Å². The van der Waals surface area contributed by atoms with Gasteiger partial charge in [0, 0.05) is 0 Å². The Balaban J connectivity index is 2.59. The molecule has 9 heteroatoms. The second kappa shape index (κ2) is 4.75. The first kappa shape index (κ1) is 12.2. The lowest BCUT2D eigenvalue weighted by molar-refractivity contribution is -0.385. The summed E-state index contributed by atoms with van der Waals surface area (Å²) in [5.41, 5.74) is 4.51. The number of alkyl halides is 2. The van der Waals surface area contributed by atoms with E-state index in [0.717, 1.165) is 12.4 Å². The van der Waals surface area contributed by atoms with Crippen LogP contribution in [-0.2, 0) is 0 Å². The minimum Gasteiger partial charge on any atom is -0.348 e. The van der Waals surface area contributed by atoms with Crippen LogP contribution in [0.5, 0.6) is 0 Å². The molecule has 1 aromatic heterocycles. The monoisotopic (exact) mass is 233 g/mol. The molecule has 0 fully saturated rings. The summed E-state index contributed by atoms with van der Waals surface area (Å²) in [7, 11) is 0. The maximum absolute atomic E-state index is 12.7. The van der Waals surface area contributed by atoms with Gasteiger partial charge in [-0.3, -0.25) is 10.1 Å². The normalized spacial score (nSPS) is 11.2. The van der Waals surface area contributed by atoms with Gasteiger partial charge in [-0.2, -0.15) is 0 Å². The van der Waals surface area contributed by atoms with Crippen molar-refractivity contribution < 1.29 is 13.7 Å². The summed E-state index contributed by atoms with van der Waals surface area (Å²) in [5, 5.41) is 12.5. The molecule has 16 heavy (non-hydrogen) atoms. The first-order valence-electron chi connectivity index (χ1n) is 4.23. The Morgan fingerprint density at radius 1 is 1.50 bits per heavy atom. The number of nitrogens with one attached hydrogen (secondary N) is 1. The fraction of sp³-hybridized carbons (Fsp3) is 0.429. The fourth-order valence-electron chi connectivity index (χ4n) is 0.787. The number of halogens is 2. The van der Waals surface area contributed by atoms with Crippen LogP contribution in [0.25, 0.3) is 0 Å². The van der Waals surface area contributed by atoms with Crippen molar-refractivity contribution in [1.29, 1.82) is 0 Å². The average Bonchev–Trinajstić information content (AvgIpc) is 2.27. The Morgan fingerprint density at radius 3 is 2.50 bits per heavy atom. The molecule has 0 aliphatic rings. The Kier molecular flexibility index (Phi) is 3.61. The quantitative estimate of drug-likeness (QED) is 0.562. The number of hydrogen-bond donors (Lipinski definition) is 2. The molecule has 1 aromatic rings. The molecule has 0 saturated heterocycles. The molecule has 0 aliphatic heterocycles. The summed E-state index contributed by atoms with van der Waals surface area (Å²) < 4.78 is 25.4. The van der Waals surface area contributed by atoms with E-state index in [1.807, 2.05) is 0 Å². The van der Waals surface area contributed by atoms with Gasteiger partial charge in [0.05, 0.1) is 18.0 Å². The van der Waals surface area contributed by atoms with E-state index in [2.05, 4.69) is 15.3 Å². The SMILES string of the molecule is NCC(F)(F)CNc1ncc([N+](=O)[O-])cn1. The van der Waals surface area contributed by atoms with E-state index in [9.17, 15) is 18.9 Å². The number of nitro groups is 1. The molecule has 88 valence electrons. The highest BCUT2D eigenvalue weighted by Crippen LogP contribution is 2.12. The van der Waals surface area contributed by atoms with E-state index in [4.69, 9.17) is 5.73 Å². The highest BCUT2D eigenvalue weighted by atomic mass is 19.3. The highest BCUT2D eigenvalue weighted by Gasteiger charge is 2.26. The molecule has 0 atom stereocenters. The fourth-order valence-corrected chi connectivity index (χ4v) is 0.787. The number of nitrogens with two attached hydrogens (primary N) is 1. The van der Waals surface area contributed by atoms with Gasteiger partial charge in [0.2, 0.25) is 5.95 Å². The van der Waals surface area contributed by atoms with Crippen molar-refractivity contribution in [2.75, 3.05) is 18.4 Å². The zero-order chi connectivity index (χ0) is 12.2. The van der Waals surface area contributed by atoms with Crippen LogP contribution >= 0.6 is 0 Å². The van der Waals surface area contributed by atoms with Crippen molar-refractivity contribution >= 4 is 11.6 Å². The van der Waals surface area contributed by atoms with Gasteiger partial charge in [-0.1, -0.05) is 0 Å². The standard InChI is InChI=1S/C7H9F2N5O2/c8-7(9,3-10)4-13-6-11-1-5(2-12-6)14(15)16/h1-2H,3-4,10H2,(H,11,12,13). The van der Waals surface area contributed by atoms with Crippen molar-refractivity contribution in [2.24, 2.45) is 5.73 Å². The minimum absolute atomic E-state index is 0.112. The first-order valence-corrected chi connectivity index (χ1v) is 4.23. The highest BCUT2D eigenvalue weighted by molar-refractivity contribution is 5.30. The van der Waals surface area contributed by atoms with Gasteiger partial charge in [0.1, 0.15) is 12.4 Å². The molecule has 0 radical (unpaired) electrons. The molecule has 0 saturated carbocycles. The first-order chi connectivity index (χ1) is 7.44. The van der Waals surface area contributed by atoms with Crippen LogP contribution < -0.4 is 11.1 Å². The number of aromatic nitrogens is 2. The largest absolute Gasteiger partial charge is 0.348 e. The number of anilines is 1. The Morgan fingerprint density at radius 2 is 2.06 bits per heavy atom. The van der Waals surface area contributed by atoms with Crippen molar-refractivity contribution in [3.05, 3.63) is 22.5 Å². The summed E-state index contributed by atoms with van der Waals surface area (Å²) in [6, 6.07) is 0. The number of hydrogen-bond acceptors (Lipinski definition) is 6. The van der Waals surface area contributed by atoms with Gasteiger partial charge in [-0.15, -0.1) is 0 Å². The lowest BCUT2D eigenvalue weighted by atomic mass is 10.3. The van der Waals surface area contributed by atoms with Crippen LogP contribution in [0.15, 0.2) is 12.4 Å². The van der Waals surface area contributed by atoms with Crippen molar-refractivity contribution in [3.8, 4) is 0 Å². The third kappa shape index (κ3) is 3.35. The molecule has 0 bridgehead atoms. The van der Waals surface area contributed by atoms with Gasteiger partial charge in [0.25, 0.3) is 5.92 Å². The third-order valence-electron chi connectivity index (χ3n) is 1.65. The second-order valence-electron chi connectivity index (χ2n) is 2.94. The predicted octanol–water partition coefficient (Wildman–Crippen LogP) is 0.391. The minimum atomic E-state index is -3.06. The molecule has 1 heterocycles. The van der Waals surface area contributed by atoms with Gasteiger partial charge in [-0.25, -0.2) is 18.7 Å². The van der Waals surface area contributed by atoms with Gasteiger partial charge in [-0.05, 0) is 0 Å². The molecule has 1 rings (SSSR count). The molecule has 3 N–H and O–H groups in total. The Hall–Kier alpha value is -1.90. The summed E-state index contributed by atoms with van der Waals surface area (Å²) in [4.78, 5) is 16.6. The van der Waals surface area contributed by atoms with Crippen LogP contribution in [0.1, 0.15) is 0 Å². The summed E-state index contributed by atoms with van der Waals surface area (Å²) in [6.07, 6.45) is 1.85. The van der Waals surface area contributed by atoms with Gasteiger partial charge < -0.3 is 11.1 Å². The van der Waals surface area contributed by atoms with E-state index in [1.54, 1.807) is 0 Å². The van der Waals surface area contributed by atoms with Crippen LogP contribution in [-0.4, -0.2) is 33.9 Å². The average molecular weight is 233 g/mol. The topological polar surface area (TPSA) is 107 Å². The summed E-state index contributed by atoms with van der Waals surface area (Å²) in [6.45, 7) is -1.52. The number of nitrogens with zero attached hydrogens (tertiary/aromatic N) is 3. The van der Waals surface area contributed by atoms with Crippen molar-refractivity contribution in [3.63, 3.8) is 0 Å². The predicted molar refractivity (Wildman–Crippen MR) is 51.2 cm³/mol. The molecule has 7 nitrogen and oxygen atoms in total. The van der Waals surface area contributed by atoms with E-state index in [0.29, 0.717) is 0 Å². The zero-order valence-electron chi connectivity index (χ0n) is 8.06. The molecule has 0 unspecified atom stereocenters. The molecular formula is C7H9F2N5O2. The van der Waals surface area contributed by atoms with E-state index >= 15 is 0 Å². The van der Waals surface area contributed by atoms with Gasteiger partial charge in [0.15, 0.2) is 0 Å². The van der Waals surface area contributed by atoms with Crippen LogP contribution in [0, 0.1) is 10.1 Å². The molecule has 0 spiro atoms. The number of rotatable bonds is 5. The van der Waals surface area contributed by atoms with Crippen LogP contribution in [0.3, 0.4) is 0 Å². The molecule has 0 aliphatic carbocycles. The smallest absolute Gasteiger partial charge is 0.305 e. The second-order valence-corrected chi connectivity index (χ2v) is 2.94. The van der Waals surface area contributed by atoms with E-state index in [1.165, 1.54) is 0 Å². The maximum Gasteiger partial charge on any atom is 0.305 e. The van der Waals surface area contributed by atoms with E-state index < -0.39 is 23.9 Å². The maximum atomic E-state index is 12.7. The Bertz CT molecular complexity index is 370. The Labute approximate surface area is 88.8 Å². The zero-order valence-corrected chi connectivity index (χ0v) is 8.06. The van der Waals surface area contributed by atoms with Crippen LogP contribution in [0.4, 0.5) is 20.4 Å². The molecule has 0 amide bonds.